The van der Waals surface area contributed by atoms with Crippen LogP contribution in [0.1, 0.15) is 49.1 Å². The van der Waals surface area contributed by atoms with Gasteiger partial charge in [0.2, 0.25) is 5.91 Å². The Morgan fingerprint density at radius 3 is 2.18 bits per heavy atom. The van der Waals surface area contributed by atoms with E-state index in [1.54, 1.807) is 4.90 Å². The molecule has 5 rings (SSSR count). The Morgan fingerprint density at radius 2 is 1.62 bits per heavy atom. The number of hydrogen-bond acceptors (Lipinski definition) is 4. The molecule has 1 unspecified atom stereocenters. The van der Waals surface area contributed by atoms with Gasteiger partial charge in [-0.3, -0.25) is 9.59 Å². The van der Waals surface area contributed by atoms with Crippen molar-refractivity contribution in [3.8, 4) is 11.1 Å². The Hall–Kier alpha value is -3.35. The molecule has 2 aromatic carbocycles. The predicted octanol–water partition coefficient (Wildman–Crippen LogP) is 4.02. The molecule has 1 saturated heterocycles. The van der Waals surface area contributed by atoms with Gasteiger partial charge in [-0.1, -0.05) is 55.0 Å². The average Bonchev–Trinajstić information content (AvgIpc) is 3.07. The van der Waals surface area contributed by atoms with Gasteiger partial charge < -0.3 is 20.1 Å². The van der Waals surface area contributed by atoms with E-state index in [9.17, 15) is 14.4 Å². The zero-order chi connectivity index (χ0) is 23.7. The first-order valence-electron chi connectivity index (χ1n) is 12.1. The molecule has 2 aliphatic carbocycles. The molecule has 2 N–H and O–H groups in total. The van der Waals surface area contributed by atoms with Crippen molar-refractivity contribution in [1.82, 2.24) is 10.2 Å². The number of rotatable bonds is 8. The van der Waals surface area contributed by atoms with Crippen LogP contribution in [-0.4, -0.2) is 53.7 Å². The second kappa shape index (κ2) is 9.49. The highest BCUT2D eigenvalue weighted by atomic mass is 16.5. The summed E-state index contributed by atoms with van der Waals surface area (Å²) in [6, 6.07) is 16.2. The van der Waals surface area contributed by atoms with E-state index in [-0.39, 0.29) is 49.2 Å². The van der Waals surface area contributed by atoms with Crippen molar-refractivity contribution in [2.24, 2.45) is 11.8 Å². The van der Waals surface area contributed by atoms with Gasteiger partial charge in [-0.15, -0.1) is 0 Å². The number of carboxylic acid groups (broad SMARTS) is 1. The van der Waals surface area contributed by atoms with Crippen molar-refractivity contribution in [3.63, 3.8) is 0 Å². The molecule has 7 heteroatoms. The highest BCUT2D eigenvalue weighted by Gasteiger charge is 2.37. The fourth-order valence-corrected chi connectivity index (χ4v) is 5.44. The summed E-state index contributed by atoms with van der Waals surface area (Å²) in [6.07, 6.45) is 2.92. The lowest BCUT2D eigenvalue weighted by molar-refractivity contribution is -0.145. The fraction of sp³-hybridized carbons (Fsp3) is 0.444. The average molecular weight is 463 g/mol. The molecular weight excluding hydrogens is 432 g/mol. The van der Waals surface area contributed by atoms with Crippen molar-refractivity contribution >= 4 is 18.0 Å². The number of likely N-dealkylation sites (tertiary alicyclic amines) is 1. The molecule has 0 radical (unpaired) electrons. The molecule has 1 aliphatic heterocycles. The first kappa shape index (κ1) is 22.4. The molecule has 1 atom stereocenters. The van der Waals surface area contributed by atoms with Crippen LogP contribution in [0.4, 0.5) is 4.79 Å². The van der Waals surface area contributed by atoms with Gasteiger partial charge in [-0.2, -0.15) is 0 Å². The van der Waals surface area contributed by atoms with Crippen molar-refractivity contribution < 1.29 is 24.2 Å². The number of amides is 2. The Labute approximate surface area is 199 Å². The summed E-state index contributed by atoms with van der Waals surface area (Å²) in [6.45, 7) is 1.20. The largest absolute Gasteiger partial charge is 0.481 e. The van der Waals surface area contributed by atoms with Gasteiger partial charge in [0.25, 0.3) is 0 Å². The molecule has 0 aromatic heterocycles. The topological polar surface area (TPSA) is 95.9 Å². The number of fused-ring (bicyclic) bond motifs is 3. The highest BCUT2D eigenvalue weighted by Crippen LogP contribution is 2.44. The third-order valence-electron chi connectivity index (χ3n) is 7.53. The number of hydrogen-bond donors (Lipinski definition) is 2. The maximum atomic E-state index is 12.8. The van der Waals surface area contributed by atoms with Crippen LogP contribution in [0.25, 0.3) is 11.1 Å². The summed E-state index contributed by atoms with van der Waals surface area (Å²) in [7, 11) is 0. The van der Waals surface area contributed by atoms with Crippen molar-refractivity contribution in [1.29, 1.82) is 0 Å². The van der Waals surface area contributed by atoms with E-state index in [4.69, 9.17) is 9.84 Å². The Morgan fingerprint density at radius 1 is 1.00 bits per heavy atom. The molecule has 1 saturated carbocycles. The van der Waals surface area contributed by atoms with Crippen LogP contribution in [-0.2, 0) is 14.3 Å². The number of carbonyl (C=O) groups excluding carboxylic acids is 2. The van der Waals surface area contributed by atoms with Gasteiger partial charge in [0.15, 0.2) is 0 Å². The summed E-state index contributed by atoms with van der Waals surface area (Å²) >= 11 is 0. The molecule has 3 aliphatic rings. The number of aliphatic carboxylic acids is 1. The standard InChI is InChI=1S/C27H30N2O5/c30-25(29-14-17(15-29)12-26(31)32)13-24(18-6-5-7-18)28-27(33)34-16-23-21-10-3-1-8-19(21)20-9-2-4-11-22(20)23/h1-4,8-11,17-18,23-24H,5-7,12-16H2,(H,28,33)(H,31,32). The highest BCUT2D eigenvalue weighted by molar-refractivity contribution is 5.80. The quantitative estimate of drug-likeness (QED) is 0.618. The summed E-state index contributed by atoms with van der Waals surface area (Å²) < 4.78 is 5.69. The number of nitrogens with one attached hydrogen (secondary N) is 1. The zero-order valence-corrected chi connectivity index (χ0v) is 19.1. The summed E-state index contributed by atoms with van der Waals surface area (Å²) in [5.74, 6) is -0.563. The fourth-order valence-electron chi connectivity index (χ4n) is 5.44. The Kier molecular flexibility index (Phi) is 6.26. The van der Waals surface area contributed by atoms with Gasteiger partial charge in [-0.05, 0) is 41.0 Å². The van der Waals surface area contributed by atoms with Gasteiger partial charge in [0, 0.05) is 37.4 Å². The maximum absolute atomic E-state index is 12.8. The molecule has 34 heavy (non-hydrogen) atoms. The maximum Gasteiger partial charge on any atom is 0.407 e. The second-order valence-corrected chi connectivity index (χ2v) is 9.73. The van der Waals surface area contributed by atoms with Crippen LogP contribution < -0.4 is 5.32 Å². The van der Waals surface area contributed by atoms with E-state index >= 15 is 0 Å². The van der Waals surface area contributed by atoms with E-state index < -0.39 is 12.1 Å². The molecule has 2 aromatic rings. The van der Waals surface area contributed by atoms with Crippen molar-refractivity contribution in [2.45, 2.75) is 44.1 Å². The number of benzene rings is 2. The van der Waals surface area contributed by atoms with Gasteiger partial charge in [0.1, 0.15) is 6.61 Å². The minimum absolute atomic E-state index is 0.00538. The van der Waals surface area contributed by atoms with E-state index in [1.807, 2.05) is 24.3 Å². The number of ether oxygens (including phenoxy) is 1. The lowest BCUT2D eigenvalue weighted by atomic mass is 9.78. The molecule has 0 spiro atoms. The first-order valence-corrected chi connectivity index (χ1v) is 12.1. The van der Waals surface area contributed by atoms with Crippen LogP contribution in [0.5, 0.6) is 0 Å². The van der Waals surface area contributed by atoms with Gasteiger partial charge >= 0.3 is 12.1 Å². The molecule has 178 valence electrons. The zero-order valence-electron chi connectivity index (χ0n) is 19.1. The number of carboxylic acids is 1. The molecular formula is C27H30N2O5. The third kappa shape index (κ3) is 4.52. The van der Waals surface area contributed by atoms with E-state index in [2.05, 4.69) is 29.6 Å². The minimum atomic E-state index is -0.832. The smallest absolute Gasteiger partial charge is 0.407 e. The van der Waals surface area contributed by atoms with Crippen LogP contribution in [0, 0.1) is 11.8 Å². The molecule has 1 heterocycles. The lowest BCUT2D eigenvalue weighted by Gasteiger charge is -2.41. The van der Waals surface area contributed by atoms with E-state index in [1.165, 1.54) is 11.1 Å². The number of alkyl carbamates (subject to hydrolysis) is 1. The van der Waals surface area contributed by atoms with Crippen LogP contribution in [0.2, 0.25) is 0 Å². The normalized spacial score (nSPS) is 18.3. The molecule has 7 nitrogen and oxygen atoms in total. The minimum Gasteiger partial charge on any atom is -0.481 e. The Balaban J connectivity index is 1.18. The molecule has 0 bridgehead atoms. The summed E-state index contributed by atoms with van der Waals surface area (Å²) in [5.41, 5.74) is 4.69. The number of nitrogens with zero attached hydrogens (tertiary/aromatic N) is 1. The van der Waals surface area contributed by atoms with Crippen molar-refractivity contribution in [3.05, 3.63) is 59.7 Å². The second-order valence-electron chi connectivity index (χ2n) is 9.73. The first-order chi connectivity index (χ1) is 16.5. The van der Waals surface area contributed by atoms with Crippen LogP contribution in [0.3, 0.4) is 0 Å². The molecule has 2 fully saturated rings. The van der Waals surface area contributed by atoms with Gasteiger partial charge in [0.05, 0.1) is 6.42 Å². The SMILES string of the molecule is O=C(O)CC1CN(C(=O)CC(NC(=O)OCC2c3ccccc3-c3ccccc32)C2CCC2)C1. The van der Waals surface area contributed by atoms with Gasteiger partial charge in [-0.25, -0.2) is 4.79 Å². The summed E-state index contributed by atoms with van der Waals surface area (Å²) in [4.78, 5) is 38.0. The lowest BCUT2D eigenvalue weighted by Crippen LogP contribution is -2.53. The van der Waals surface area contributed by atoms with E-state index in [0.29, 0.717) is 13.1 Å². The monoisotopic (exact) mass is 462 g/mol. The Bertz CT molecular complexity index is 1040. The molecule has 2 amide bonds. The van der Waals surface area contributed by atoms with Crippen LogP contribution >= 0.6 is 0 Å². The number of carbonyl (C=O) groups is 3. The predicted molar refractivity (Wildman–Crippen MR) is 126 cm³/mol. The third-order valence-corrected chi connectivity index (χ3v) is 7.53. The van der Waals surface area contributed by atoms with E-state index in [0.717, 1.165) is 30.4 Å². The van der Waals surface area contributed by atoms with Crippen LogP contribution in [0.15, 0.2) is 48.5 Å². The summed E-state index contributed by atoms with van der Waals surface area (Å²) in [5, 5.41) is 11.9. The van der Waals surface area contributed by atoms with Crippen molar-refractivity contribution in [2.75, 3.05) is 19.7 Å².